The van der Waals surface area contributed by atoms with E-state index in [9.17, 15) is 29.5 Å². The zero-order valence-electron chi connectivity index (χ0n) is 38.5. The van der Waals surface area contributed by atoms with E-state index >= 15 is 0 Å². The van der Waals surface area contributed by atoms with Gasteiger partial charge in [0, 0.05) is 50.6 Å². The number of ether oxygens (including phenoxy) is 3. The molecule has 3 atom stereocenters. The van der Waals surface area contributed by atoms with Crippen LogP contribution in [0.2, 0.25) is 5.02 Å². The number of aliphatic hydroxyl groups excluding tert-OH is 1. The topological polar surface area (TPSA) is 200 Å². The Bertz CT molecular complexity index is 2400. The van der Waals surface area contributed by atoms with Crippen molar-refractivity contribution in [2.45, 2.75) is 97.0 Å². The van der Waals surface area contributed by atoms with Gasteiger partial charge < -0.3 is 44.2 Å². The smallest absolute Gasteiger partial charge is 0.259 e. The van der Waals surface area contributed by atoms with Gasteiger partial charge in [0.05, 0.1) is 35.2 Å². The number of hydrogen-bond acceptors (Lipinski definition) is 12. The summed E-state index contributed by atoms with van der Waals surface area (Å²) in [6, 6.07) is 19.9. The maximum Gasteiger partial charge on any atom is 0.259 e. The zero-order chi connectivity index (χ0) is 48.3. The highest BCUT2D eigenvalue weighted by Gasteiger charge is 2.50. The van der Waals surface area contributed by atoms with Gasteiger partial charge in [-0.1, -0.05) is 56.6 Å². The number of nitrogens with one attached hydrogen (secondary N) is 2. The maximum atomic E-state index is 13.9. The number of thiocarbonyl (C=S) groups is 1. The van der Waals surface area contributed by atoms with Crippen LogP contribution in [0.5, 0.6) is 5.75 Å². The van der Waals surface area contributed by atoms with Crippen molar-refractivity contribution in [2.24, 2.45) is 5.41 Å². The second-order valence-electron chi connectivity index (χ2n) is 18.1. The summed E-state index contributed by atoms with van der Waals surface area (Å²) in [6.45, 7) is 10.9. The van der Waals surface area contributed by atoms with E-state index in [0.717, 1.165) is 36.1 Å². The molecule has 4 aromatic rings. The molecule has 3 heterocycles. The number of nitriles is 1. The molecule has 2 aliphatic heterocycles. The molecular formula is C49H58ClN7O9S. The largest absolute Gasteiger partial charge is 0.494 e. The lowest BCUT2D eigenvalue weighted by molar-refractivity contribution is -0.144. The predicted molar refractivity (Wildman–Crippen MR) is 256 cm³/mol. The van der Waals surface area contributed by atoms with Crippen LogP contribution in [0, 0.1) is 16.7 Å². The Morgan fingerprint density at radius 1 is 0.985 bits per heavy atom. The van der Waals surface area contributed by atoms with E-state index in [-0.39, 0.29) is 43.0 Å². The van der Waals surface area contributed by atoms with E-state index in [1.54, 1.807) is 29.3 Å². The van der Waals surface area contributed by atoms with Crippen LogP contribution in [0.1, 0.15) is 77.8 Å². The molecule has 2 aliphatic rings. The number of aliphatic hydroxyl groups is 1. The fraction of sp³-hybridized carbons (Fsp3) is 0.449. The lowest BCUT2D eigenvalue weighted by Crippen LogP contribution is -2.58. The minimum Gasteiger partial charge on any atom is -0.494 e. The monoisotopic (exact) mass is 955 g/mol. The van der Waals surface area contributed by atoms with Crippen LogP contribution < -0.4 is 25.2 Å². The van der Waals surface area contributed by atoms with Crippen molar-refractivity contribution in [1.29, 1.82) is 5.26 Å². The summed E-state index contributed by atoms with van der Waals surface area (Å²) >= 11 is 12.0. The second kappa shape index (κ2) is 22.7. The van der Waals surface area contributed by atoms with Crippen LogP contribution in [0.25, 0.3) is 11.3 Å². The zero-order valence-corrected chi connectivity index (χ0v) is 40.0. The normalized spacial score (nSPS) is 17.4. The minimum absolute atomic E-state index is 0.0228. The van der Waals surface area contributed by atoms with Crippen molar-refractivity contribution in [3.63, 3.8) is 0 Å². The average Bonchev–Trinajstić information content (AvgIpc) is 4.02. The first kappa shape index (κ1) is 50.5. The summed E-state index contributed by atoms with van der Waals surface area (Å²) in [5.41, 5.74) is 1.58. The number of carbonyl (C=O) groups is 4. The van der Waals surface area contributed by atoms with Crippen molar-refractivity contribution < 1.29 is 42.9 Å². The van der Waals surface area contributed by atoms with E-state index < -0.39 is 41.0 Å². The van der Waals surface area contributed by atoms with Crippen LogP contribution in [-0.4, -0.2) is 107 Å². The van der Waals surface area contributed by atoms with Crippen molar-refractivity contribution in [2.75, 3.05) is 49.4 Å². The number of carbonyl (C=O) groups excluding carboxylic acids is 4. The highest BCUT2D eigenvalue weighted by Crippen LogP contribution is 2.38. The molecule has 18 heteroatoms. The third-order valence-corrected chi connectivity index (χ3v) is 12.2. The number of anilines is 2. The summed E-state index contributed by atoms with van der Waals surface area (Å²) < 4.78 is 22.7. The first-order valence-corrected chi connectivity index (χ1v) is 23.1. The number of likely N-dealkylation sites (tertiary alicyclic amines) is 1. The molecule has 1 aromatic heterocycles. The van der Waals surface area contributed by atoms with Crippen molar-refractivity contribution in [3.8, 4) is 23.1 Å². The van der Waals surface area contributed by atoms with Gasteiger partial charge in [-0.25, -0.2) is 4.98 Å². The summed E-state index contributed by atoms with van der Waals surface area (Å²) in [7, 11) is 0. The molecule has 67 heavy (non-hydrogen) atoms. The molecule has 356 valence electrons. The number of aromatic nitrogens is 1. The second-order valence-corrected chi connectivity index (χ2v) is 18.8. The number of nitrogens with zero attached hydrogens (tertiary/aromatic N) is 5. The predicted octanol–water partition coefficient (Wildman–Crippen LogP) is 6.56. The van der Waals surface area contributed by atoms with Gasteiger partial charge in [0.2, 0.25) is 17.7 Å². The fourth-order valence-electron chi connectivity index (χ4n) is 7.86. The minimum atomic E-state index is -0.961. The standard InChI is InChI=1S/C49H58ClN7O9S/c1-48(2,3)43(45(61)55-29-37(58)25-40(55)44(60)53-27-32-10-12-33(13-11-32)41-28-52-31-66-41)54-42(59)30-64-22-9-21-63-20-7-6-8-23-65-38-18-16-35(17-19-38)57-47(67)56(46(62)49(57,4)5)36-15-14-34(26-51)39(50)24-36/h10-19,24,28,31,37,40,43,58H,6-9,20-23,25,27,29-30H2,1-5H3,(H,53,60)(H,54,59)/t37-,40+,43?/m1/s1. The highest BCUT2D eigenvalue weighted by molar-refractivity contribution is 7.81. The van der Waals surface area contributed by atoms with E-state index in [1.165, 1.54) is 16.2 Å². The molecule has 1 unspecified atom stereocenters. The first-order valence-electron chi connectivity index (χ1n) is 22.3. The quantitative estimate of drug-likeness (QED) is 0.0600. The summed E-state index contributed by atoms with van der Waals surface area (Å²) in [4.78, 5) is 62.3. The summed E-state index contributed by atoms with van der Waals surface area (Å²) in [5, 5.41) is 26.0. The number of hydrogen-bond donors (Lipinski definition) is 3. The van der Waals surface area contributed by atoms with Crippen molar-refractivity contribution in [1.82, 2.24) is 20.5 Å². The summed E-state index contributed by atoms with van der Waals surface area (Å²) in [6.07, 6.45) is 5.34. The number of oxazole rings is 1. The number of benzene rings is 3. The van der Waals surface area contributed by atoms with Gasteiger partial charge in [-0.2, -0.15) is 5.26 Å². The number of halogens is 1. The number of amides is 4. The Balaban J connectivity index is 0.838. The van der Waals surface area contributed by atoms with E-state index in [1.807, 2.05) is 89.2 Å². The lowest BCUT2D eigenvalue weighted by Gasteiger charge is -2.35. The Morgan fingerprint density at radius 3 is 2.34 bits per heavy atom. The van der Waals surface area contributed by atoms with Gasteiger partial charge in [-0.05, 0) is 105 Å². The maximum absolute atomic E-state index is 13.9. The molecule has 3 aromatic carbocycles. The molecule has 3 N–H and O–H groups in total. The van der Waals surface area contributed by atoms with Crippen molar-refractivity contribution >= 4 is 63.9 Å². The summed E-state index contributed by atoms with van der Waals surface area (Å²) in [5.74, 6) is -0.185. The molecule has 0 aliphatic carbocycles. The molecular weight excluding hydrogens is 898 g/mol. The van der Waals surface area contributed by atoms with Crippen LogP contribution in [0.15, 0.2) is 83.7 Å². The molecule has 4 amide bonds. The van der Waals surface area contributed by atoms with Gasteiger partial charge in [0.15, 0.2) is 17.3 Å². The Labute approximate surface area is 401 Å². The van der Waals surface area contributed by atoms with Gasteiger partial charge in [0.1, 0.15) is 36.0 Å². The molecule has 2 fully saturated rings. The van der Waals surface area contributed by atoms with Gasteiger partial charge >= 0.3 is 0 Å². The molecule has 0 saturated carbocycles. The fourth-order valence-corrected chi connectivity index (χ4v) is 8.60. The van der Waals surface area contributed by atoms with Gasteiger partial charge in [-0.15, -0.1) is 0 Å². The Kier molecular flexibility index (Phi) is 17.1. The van der Waals surface area contributed by atoms with Crippen LogP contribution >= 0.6 is 23.8 Å². The van der Waals surface area contributed by atoms with Gasteiger partial charge in [-0.3, -0.25) is 24.1 Å². The average molecular weight is 957 g/mol. The van der Waals surface area contributed by atoms with Crippen LogP contribution in [0.3, 0.4) is 0 Å². The van der Waals surface area contributed by atoms with Crippen LogP contribution in [-0.2, 0) is 35.2 Å². The molecule has 0 bridgehead atoms. The number of β-amino-alcohol motifs (C(OH)–C–C–N with tert-alkyl or cyclic N) is 1. The van der Waals surface area contributed by atoms with Crippen molar-refractivity contribution in [3.05, 3.63) is 95.5 Å². The van der Waals surface area contributed by atoms with E-state index in [0.29, 0.717) is 60.7 Å². The molecule has 6 rings (SSSR count). The Morgan fingerprint density at radius 2 is 1.67 bits per heavy atom. The van der Waals surface area contributed by atoms with Gasteiger partial charge in [0.25, 0.3) is 5.91 Å². The van der Waals surface area contributed by atoms with E-state index in [2.05, 4.69) is 15.6 Å². The number of rotatable bonds is 21. The molecule has 0 radical (unpaired) electrons. The third-order valence-electron chi connectivity index (χ3n) is 11.5. The molecule has 0 spiro atoms. The molecule has 2 saturated heterocycles. The van der Waals surface area contributed by atoms with Crippen LogP contribution in [0.4, 0.5) is 11.4 Å². The Hall–Kier alpha value is -5.90. The van der Waals surface area contributed by atoms with E-state index in [4.69, 9.17) is 42.4 Å². The third kappa shape index (κ3) is 12.8. The lowest BCUT2D eigenvalue weighted by atomic mass is 9.85. The number of unbranched alkanes of at least 4 members (excludes halogenated alkanes) is 2. The SMILES string of the molecule is CC(C)(C)C(NC(=O)COCCCOCCCCCOc1ccc(N2C(=S)N(c3ccc(C#N)c(Cl)c3)C(=O)C2(C)C)cc1)C(=O)N1C[C@H](O)C[C@H]1C(=O)NCc1ccc(-c2cnco2)cc1. The highest BCUT2D eigenvalue weighted by atomic mass is 35.5. The first-order chi connectivity index (χ1) is 32.0. The molecule has 16 nitrogen and oxygen atoms in total.